The zero-order valence-corrected chi connectivity index (χ0v) is 16.3. The molecule has 5 nitrogen and oxygen atoms in total. The van der Waals surface area contributed by atoms with E-state index in [-0.39, 0.29) is 18.2 Å². The molecule has 0 N–H and O–H groups in total. The van der Waals surface area contributed by atoms with Gasteiger partial charge >= 0.3 is 5.97 Å². The molecular weight excluding hydrogens is 320 g/mol. The summed E-state index contributed by atoms with van der Waals surface area (Å²) in [5.74, 6) is -0.603. The summed E-state index contributed by atoms with van der Waals surface area (Å²) < 4.78 is 16.8. The Balaban J connectivity index is 2.15. The smallest absolute Gasteiger partial charge is 0.305 e. The molecule has 2 atom stereocenters. The van der Waals surface area contributed by atoms with Gasteiger partial charge in [0.15, 0.2) is 5.79 Å². The van der Waals surface area contributed by atoms with Crippen LogP contribution in [-0.2, 0) is 23.8 Å². The highest BCUT2D eigenvalue weighted by Crippen LogP contribution is 2.33. The number of esters is 1. The van der Waals surface area contributed by atoms with Gasteiger partial charge in [-0.1, -0.05) is 38.5 Å². The summed E-state index contributed by atoms with van der Waals surface area (Å²) in [7, 11) is 1.44. The van der Waals surface area contributed by atoms with E-state index in [1.165, 1.54) is 7.11 Å². The predicted molar refractivity (Wildman–Crippen MR) is 97.3 cm³/mol. The van der Waals surface area contributed by atoms with Crippen LogP contribution in [0.1, 0.15) is 90.9 Å². The lowest BCUT2D eigenvalue weighted by molar-refractivity contribution is -0.147. The predicted octanol–water partition coefficient (Wildman–Crippen LogP) is 4.56. The molecule has 0 amide bonds. The van der Waals surface area contributed by atoms with E-state index in [0.29, 0.717) is 12.8 Å². The highest BCUT2D eigenvalue weighted by molar-refractivity contribution is 5.68. The van der Waals surface area contributed by atoms with E-state index >= 15 is 0 Å². The van der Waals surface area contributed by atoms with Crippen molar-refractivity contribution in [2.75, 3.05) is 7.11 Å². The molecule has 1 aliphatic heterocycles. The summed E-state index contributed by atoms with van der Waals surface area (Å²) >= 11 is 0. The molecule has 0 unspecified atom stereocenters. The Morgan fingerprint density at radius 1 is 0.920 bits per heavy atom. The molecule has 5 heteroatoms. The van der Waals surface area contributed by atoms with Crippen molar-refractivity contribution in [1.29, 1.82) is 0 Å². The minimum absolute atomic E-state index is 0.116. The van der Waals surface area contributed by atoms with E-state index in [1.807, 2.05) is 13.8 Å². The number of carbonyl (C=O) groups is 2. The van der Waals surface area contributed by atoms with Crippen molar-refractivity contribution in [3.63, 3.8) is 0 Å². The van der Waals surface area contributed by atoms with E-state index in [1.54, 1.807) is 0 Å². The molecule has 1 aliphatic rings. The summed E-state index contributed by atoms with van der Waals surface area (Å²) in [6.45, 7) is 3.97. The van der Waals surface area contributed by atoms with Gasteiger partial charge in [-0.2, -0.15) is 0 Å². The first kappa shape index (κ1) is 22.1. The Hall–Kier alpha value is -0.940. The molecule has 1 saturated heterocycles. The summed E-state index contributed by atoms with van der Waals surface area (Å²) in [4.78, 5) is 21.4. The molecule has 0 spiro atoms. The maximum atomic E-state index is 11.0. The lowest BCUT2D eigenvalue weighted by Gasteiger charge is -2.16. The summed E-state index contributed by atoms with van der Waals surface area (Å²) in [6, 6.07) is 0. The van der Waals surface area contributed by atoms with Crippen molar-refractivity contribution in [3.05, 3.63) is 0 Å². The Kier molecular flexibility index (Phi) is 11.0. The topological polar surface area (TPSA) is 61.8 Å². The third kappa shape index (κ3) is 9.95. The van der Waals surface area contributed by atoms with Gasteiger partial charge in [0.1, 0.15) is 6.29 Å². The first-order chi connectivity index (χ1) is 12.0. The molecule has 1 rings (SSSR count). The van der Waals surface area contributed by atoms with Gasteiger partial charge in [0, 0.05) is 12.8 Å². The fourth-order valence-electron chi connectivity index (χ4n) is 3.40. The molecule has 0 aliphatic carbocycles. The third-order valence-corrected chi connectivity index (χ3v) is 4.69. The van der Waals surface area contributed by atoms with Gasteiger partial charge in [-0.05, 0) is 39.5 Å². The van der Waals surface area contributed by atoms with Crippen LogP contribution in [0.15, 0.2) is 0 Å². The maximum absolute atomic E-state index is 11.0. The first-order valence-corrected chi connectivity index (χ1v) is 9.84. The van der Waals surface area contributed by atoms with Crippen molar-refractivity contribution in [1.82, 2.24) is 0 Å². The number of hydrogen-bond acceptors (Lipinski definition) is 5. The molecule has 0 radical (unpaired) electrons. The number of aldehydes is 1. The molecule has 1 fully saturated rings. The molecule has 1 heterocycles. The Morgan fingerprint density at radius 3 is 2.00 bits per heavy atom. The molecule has 25 heavy (non-hydrogen) atoms. The van der Waals surface area contributed by atoms with Crippen LogP contribution >= 0.6 is 0 Å². The van der Waals surface area contributed by atoms with Gasteiger partial charge in [-0.25, -0.2) is 0 Å². The lowest BCUT2D eigenvalue weighted by Crippen LogP contribution is -2.22. The van der Waals surface area contributed by atoms with Crippen molar-refractivity contribution in [3.8, 4) is 0 Å². The number of rotatable bonds is 14. The van der Waals surface area contributed by atoms with Gasteiger partial charge in [-0.15, -0.1) is 0 Å². The second-order valence-electron chi connectivity index (χ2n) is 7.40. The third-order valence-electron chi connectivity index (χ3n) is 4.69. The molecule has 0 aromatic heterocycles. The second kappa shape index (κ2) is 12.4. The lowest BCUT2D eigenvalue weighted by atomic mass is 10.00. The quantitative estimate of drug-likeness (QED) is 0.259. The van der Waals surface area contributed by atoms with Crippen LogP contribution in [0.3, 0.4) is 0 Å². The van der Waals surface area contributed by atoms with Crippen LogP contribution in [0, 0.1) is 0 Å². The molecular formula is C20H36O5. The minimum atomic E-state index is -0.487. The van der Waals surface area contributed by atoms with E-state index in [2.05, 4.69) is 4.74 Å². The Morgan fingerprint density at radius 2 is 1.44 bits per heavy atom. The second-order valence-corrected chi connectivity index (χ2v) is 7.40. The number of hydrogen-bond donors (Lipinski definition) is 0. The van der Waals surface area contributed by atoms with E-state index in [9.17, 15) is 9.59 Å². The number of methoxy groups -OCH3 is 1. The fraction of sp³-hybridized carbons (Fsp3) is 0.900. The standard InChI is InChI=1S/C20H36O5/c1-20(2)24-17(18(25-20)14-10-7-8-12-16-21)13-9-5-4-6-11-15-19(22)23-3/h16-18H,4-15H2,1-3H3/t17-,18+/m1/s1. The van der Waals surface area contributed by atoms with E-state index in [4.69, 9.17) is 9.47 Å². The zero-order chi connectivity index (χ0) is 18.5. The van der Waals surface area contributed by atoms with Crippen LogP contribution in [-0.4, -0.2) is 37.4 Å². The number of ether oxygens (including phenoxy) is 3. The highest BCUT2D eigenvalue weighted by Gasteiger charge is 2.40. The molecule has 0 saturated carbocycles. The van der Waals surface area contributed by atoms with Crippen LogP contribution in [0.4, 0.5) is 0 Å². The van der Waals surface area contributed by atoms with Gasteiger partial charge < -0.3 is 19.0 Å². The van der Waals surface area contributed by atoms with Crippen molar-refractivity contribution < 1.29 is 23.8 Å². The Labute approximate surface area is 152 Å². The average molecular weight is 357 g/mol. The van der Waals surface area contributed by atoms with E-state index in [0.717, 1.165) is 70.5 Å². The number of unbranched alkanes of at least 4 members (excludes halogenated alkanes) is 7. The minimum Gasteiger partial charge on any atom is -0.469 e. The first-order valence-electron chi connectivity index (χ1n) is 9.84. The summed E-state index contributed by atoms with van der Waals surface area (Å²) in [5.41, 5.74) is 0. The fourth-order valence-corrected chi connectivity index (χ4v) is 3.40. The van der Waals surface area contributed by atoms with Gasteiger partial charge in [0.2, 0.25) is 0 Å². The molecule has 0 bridgehead atoms. The zero-order valence-electron chi connectivity index (χ0n) is 16.3. The summed E-state index contributed by atoms with van der Waals surface area (Å²) in [6.07, 6.45) is 13.1. The van der Waals surface area contributed by atoms with Crippen molar-refractivity contribution >= 4 is 12.3 Å². The SMILES string of the molecule is COC(=O)CCCCCCC[C@H]1OC(C)(C)O[C@H]1CCCCCC=O. The normalized spacial score (nSPS) is 22.0. The molecule has 146 valence electrons. The average Bonchev–Trinajstić information content (AvgIpc) is 2.87. The van der Waals surface area contributed by atoms with E-state index < -0.39 is 5.79 Å². The monoisotopic (exact) mass is 356 g/mol. The highest BCUT2D eigenvalue weighted by atomic mass is 16.7. The molecule has 0 aromatic rings. The van der Waals surface area contributed by atoms with Crippen LogP contribution in [0.5, 0.6) is 0 Å². The largest absolute Gasteiger partial charge is 0.469 e. The van der Waals surface area contributed by atoms with Crippen LogP contribution < -0.4 is 0 Å². The number of carbonyl (C=O) groups excluding carboxylic acids is 2. The maximum Gasteiger partial charge on any atom is 0.305 e. The summed E-state index contributed by atoms with van der Waals surface area (Å²) in [5, 5.41) is 0. The van der Waals surface area contributed by atoms with Crippen molar-refractivity contribution in [2.24, 2.45) is 0 Å². The van der Waals surface area contributed by atoms with Crippen LogP contribution in [0.2, 0.25) is 0 Å². The molecule has 0 aromatic carbocycles. The van der Waals surface area contributed by atoms with Gasteiger partial charge in [-0.3, -0.25) is 4.79 Å². The van der Waals surface area contributed by atoms with Crippen LogP contribution in [0.25, 0.3) is 0 Å². The van der Waals surface area contributed by atoms with Crippen molar-refractivity contribution in [2.45, 2.75) is 109 Å². The van der Waals surface area contributed by atoms with Gasteiger partial charge in [0.25, 0.3) is 0 Å². The Bertz CT molecular complexity index is 380. The van der Waals surface area contributed by atoms with Gasteiger partial charge in [0.05, 0.1) is 19.3 Å².